The van der Waals surface area contributed by atoms with E-state index in [1.165, 1.54) is 13.1 Å². The van der Waals surface area contributed by atoms with Gasteiger partial charge in [-0.3, -0.25) is 4.90 Å². The Kier molecular flexibility index (Phi) is 5.42. The third kappa shape index (κ3) is 4.10. The second-order valence-corrected chi connectivity index (χ2v) is 6.38. The molecule has 1 fully saturated rings. The standard InChI is InChI=1S/C17H27N7/c1-4-22-9-11-23(12-10-22)15(3)13-18-16-5-6-17(20-19-16)24-8-7-14(2)21-24/h5-8,15H,4,9-13H2,1-3H3,(H,18,19). The maximum Gasteiger partial charge on any atom is 0.175 e. The average molecular weight is 329 g/mol. The van der Waals surface area contributed by atoms with Gasteiger partial charge in [0, 0.05) is 45.0 Å². The summed E-state index contributed by atoms with van der Waals surface area (Å²) in [5, 5.41) is 16.2. The predicted octanol–water partition coefficient (Wildman–Crippen LogP) is 1.41. The molecule has 2 aromatic rings. The normalized spacial score (nSPS) is 17.8. The van der Waals surface area contributed by atoms with E-state index in [-0.39, 0.29) is 0 Å². The van der Waals surface area contributed by atoms with E-state index in [0.717, 1.165) is 43.5 Å². The lowest BCUT2D eigenvalue weighted by molar-refractivity contribution is 0.110. The molecule has 0 aliphatic carbocycles. The van der Waals surface area contributed by atoms with Gasteiger partial charge >= 0.3 is 0 Å². The van der Waals surface area contributed by atoms with Crippen LogP contribution in [0.25, 0.3) is 5.82 Å². The van der Waals surface area contributed by atoms with Crippen LogP contribution in [0.5, 0.6) is 0 Å². The van der Waals surface area contributed by atoms with Crippen LogP contribution in [0.15, 0.2) is 24.4 Å². The number of hydrogen-bond donors (Lipinski definition) is 1. The molecular weight excluding hydrogens is 302 g/mol. The minimum Gasteiger partial charge on any atom is -0.367 e. The molecule has 1 unspecified atom stereocenters. The van der Waals surface area contributed by atoms with Crippen LogP contribution in [-0.2, 0) is 0 Å². The van der Waals surface area contributed by atoms with E-state index in [2.05, 4.69) is 44.3 Å². The molecule has 7 nitrogen and oxygen atoms in total. The van der Waals surface area contributed by atoms with E-state index in [4.69, 9.17) is 0 Å². The molecule has 0 radical (unpaired) electrons. The molecule has 1 saturated heterocycles. The average Bonchev–Trinajstić information content (AvgIpc) is 3.06. The van der Waals surface area contributed by atoms with Crippen LogP contribution < -0.4 is 5.32 Å². The van der Waals surface area contributed by atoms with Gasteiger partial charge in [0.2, 0.25) is 0 Å². The van der Waals surface area contributed by atoms with Gasteiger partial charge in [-0.05, 0) is 38.6 Å². The fraction of sp³-hybridized carbons (Fsp3) is 0.588. The molecular formula is C17H27N7. The van der Waals surface area contributed by atoms with Crippen molar-refractivity contribution in [3.05, 3.63) is 30.1 Å². The monoisotopic (exact) mass is 329 g/mol. The number of piperazine rings is 1. The van der Waals surface area contributed by atoms with Crippen molar-refractivity contribution in [2.45, 2.75) is 26.8 Å². The van der Waals surface area contributed by atoms with Gasteiger partial charge in [-0.15, -0.1) is 10.2 Å². The van der Waals surface area contributed by atoms with Crippen LogP contribution in [0.3, 0.4) is 0 Å². The quantitative estimate of drug-likeness (QED) is 0.865. The van der Waals surface area contributed by atoms with E-state index in [9.17, 15) is 0 Å². The van der Waals surface area contributed by atoms with Crippen LogP contribution >= 0.6 is 0 Å². The molecule has 0 bridgehead atoms. The number of hydrogen-bond acceptors (Lipinski definition) is 6. The predicted molar refractivity (Wildman–Crippen MR) is 95.5 cm³/mol. The second kappa shape index (κ2) is 7.72. The molecule has 24 heavy (non-hydrogen) atoms. The van der Waals surface area contributed by atoms with Crippen LogP contribution in [0.2, 0.25) is 0 Å². The SMILES string of the molecule is CCN1CCN(C(C)CNc2ccc(-n3ccc(C)n3)nn2)CC1. The molecule has 0 amide bonds. The van der Waals surface area contributed by atoms with Crippen molar-refractivity contribution in [1.82, 2.24) is 29.8 Å². The van der Waals surface area contributed by atoms with Gasteiger partial charge in [-0.1, -0.05) is 6.92 Å². The molecule has 2 aromatic heterocycles. The summed E-state index contributed by atoms with van der Waals surface area (Å²) in [4.78, 5) is 5.03. The van der Waals surface area contributed by atoms with Crippen molar-refractivity contribution < 1.29 is 0 Å². The summed E-state index contributed by atoms with van der Waals surface area (Å²) in [6.07, 6.45) is 1.89. The summed E-state index contributed by atoms with van der Waals surface area (Å²) in [5.41, 5.74) is 0.969. The fourth-order valence-electron chi connectivity index (χ4n) is 2.99. The number of anilines is 1. The molecule has 3 heterocycles. The number of aryl methyl sites for hydroxylation is 1. The number of nitrogens with one attached hydrogen (secondary N) is 1. The lowest BCUT2D eigenvalue weighted by Crippen LogP contribution is -2.51. The van der Waals surface area contributed by atoms with Crippen molar-refractivity contribution in [3.8, 4) is 5.82 Å². The van der Waals surface area contributed by atoms with Gasteiger partial charge in [-0.2, -0.15) is 5.10 Å². The first kappa shape index (κ1) is 16.9. The maximum absolute atomic E-state index is 4.34. The maximum atomic E-state index is 4.34. The molecule has 0 saturated carbocycles. The molecule has 0 spiro atoms. The van der Waals surface area contributed by atoms with Crippen molar-refractivity contribution in [1.29, 1.82) is 0 Å². The molecule has 0 aromatic carbocycles. The molecule has 1 N–H and O–H groups in total. The van der Waals surface area contributed by atoms with Crippen LogP contribution in [0.1, 0.15) is 19.5 Å². The topological polar surface area (TPSA) is 62.1 Å². The van der Waals surface area contributed by atoms with E-state index in [1.807, 2.05) is 31.3 Å². The Balaban J connectivity index is 1.49. The van der Waals surface area contributed by atoms with Gasteiger partial charge in [0.25, 0.3) is 0 Å². The molecule has 130 valence electrons. The van der Waals surface area contributed by atoms with Crippen LogP contribution in [0, 0.1) is 6.92 Å². The minimum absolute atomic E-state index is 0.485. The third-order valence-electron chi connectivity index (χ3n) is 4.66. The lowest BCUT2D eigenvalue weighted by atomic mass is 10.2. The molecule has 1 atom stereocenters. The van der Waals surface area contributed by atoms with Gasteiger partial charge in [0.1, 0.15) is 5.82 Å². The number of aromatic nitrogens is 4. The highest BCUT2D eigenvalue weighted by Crippen LogP contribution is 2.09. The summed E-state index contributed by atoms with van der Waals surface area (Å²) < 4.78 is 1.74. The van der Waals surface area contributed by atoms with Gasteiger partial charge in [-0.25, -0.2) is 4.68 Å². The van der Waals surface area contributed by atoms with Crippen molar-refractivity contribution in [2.24, 2.45) is 0 Å². The van der Waals surface area contributed by atoms with Gasteiger partial charge in [0.15, 0.2) is 5.82 Å². The van der Waals surface area contributed by atoms with Crippen molar-refractivity contribution >= 4 is 5.82 Å². The molecule has 7 heteroatoms. The van der Waals surface area contributed by atoms with E-state index >= 15 is 0 Å². The third-order valence-corrected chi connectivity index (χ3v) is 4.66. The zero-order chi connectivity index (χ0) is 16.9. The number of likely N-dealkylation sites (N-methyl/N-ethyl adjacent to an activating group) is 1. The Morgan fingerprint density at radius 2 is 1.92 bits per heavy atom. The van der Waals surface area contributed by atoms with Crippen LogP contribution in [0.4, 0.5) is 5.82 Å². The molecule has 3 rings (SSSR count). The van der Waals surface area contributed by atoms with Gasteiger partial charge in [0.05, 0.1) is 5.69 Å². The van der Waals surface area contributed by atoms with E-state index < -0.39 is 0 Å². The Bertz CT molecular complexity index is 629. The summed E-state index contributed by atoms with van der Waals surface area (Å²) in [6, 6.07) is 6.33. The van der Waals surface area contributed by atoms with E-state index in [0.29, 0.717) is 6.04 Å². The first-order valence-corrected chi connectivity index (χ1v) is 8.72. The smallest absolute Gasteiger partial charge is 0.175 e. The highest BCUT2D eigenvalue weighted by atomic mass is 15.3. The molecule has 1 aliphatic heterocycles. The zero-order valence-corrected chi connectivity index (χ0v) is 14.8. The Hall–Kier alpha value is -1.99. The van der Waals surface area contributed by atoms with Crippen LogP contribution in [-0.4, -0.2) is 75.1 Å². The second-order valence-electron chi connectivity index (χ2n) is 6.38. The Morgan fingerprint density at radius 3 is 2.50 bits per heavy atom. The Labute approximate surface area is 143 Å². The molecule has 1 aliphatic rings. The summed E-state index contributed by atoms with van der Waals surface area (Å²) in [6.45, 7) is 13.1. The first-order valence-electron chi connectivity index (χ1n) is 8.72. The number of rotatable bonds is 6. The first-order chi connectivity index (χ1) is 11.7. The highest BCUT2D eigenvalue weighted by molar-refractivity contribution is 5.36. The van der Waals surface area contributed by atoms with E-state index in [1.54, 1.807) is 4.68 Å². The fourth-order valence-corrected chi connectivity index (χ4v) is 2.99. The largest absolute Gasteiger partial charge is 0.367 e. The summed E-state index contributed by atoms with van der Waals surface area (Å²) in [5.74, 6) is 1.54. The minimum atomic E-state index is 0.485. The van der Waals surface area contributed by atoms with Crippen molar-refractivity contribution in [3.63, 3.8) is 0 Å². The summed E-state index contributed by atoms with van der Waals surface area (Å²) in [7, 11) is 0. The summed E-state index contributed by atoms with van der Waals surface area (Å²) >= 11 is 0. The zero-order valence-electron chi connectivity index (χ0n) is 14.8. The van der Waals surface area contributed by atoms with Gasteiger partial charge < -0.3 is 10.2 Å². The van der Waals surface area contributed by atoms with Crippen molar-refractivity contribution in [2.75, 3.05) is 44.6 Å². The Morgan fingerprint density at radius 1 is 1.12 bits per heavy atom. The number of nitrogens with zero attached hydrogens (tertiary/aromatic N) is 6. The lowest BCUT2D eigenvalue weighted by Gasteiger charge is -2.37. The highest BCUT2D eigenvalue weighted by Gasteiger charge is 2.19.